The van der Waals surface area contributed by atoms with Gasteiger partial charge in [-0.15, -0.1) is 0 Å². The van der Waals surface area contributed by atoms with Crippen molar-refractivity contribution in [1.82, 2.24) is 4.98 Å². The van der Waals surface area contributed by atoms with Crippen LogP contribution >= 0.6 is 0 Å². The summed E-state index contributed by atoms with van der Waals surface area (Å²) in [6.07, 6.45) is 6.96. The van der Waals surface area contributed by atoms with Gasteiger partial charge in [-0.2, -0.15) is 0 Å². The third kappa shape index (κ3) is 4.28. The monoisotopic (exact) mass is 362 g/mol. The van der Waals surface area contributed by atoms with Gasteiger partial charge in [0, 0.05) is 24.5 Å². The number of hydrogen-bond acceptors (Lipinski definition) is 5. The molecule has 3 heterocycles. The molecule has 138 valence electrons. The van der Waals surface area contributed by atoms with Gasteiger partial charge >= 0.3 is 0 Å². The molecular formula is C21H22N4O2. The topological polar surface area (TPSA) is 70.4 Å². The molecule has 0 spiro atoms. The molecule has 1 amide bonds. The Hall–Kier alpha value is -3.28. The molecule has 1 aliphatic rings. The van der Waals surface area contributed by atoms with Crippen molar-refractivity contribution in [2.24, 2.45) is 0 Å². The highest BCUT2D eigenvalue weighted by Gasteiger charge is 2.11. The first-order valence-corrected chi connectivity index (χ1v) is 9.21. The summed E-state index contributed by atoms with van der Waals surface area (Å²) in [5.74, 6) is 0.693. The van der Waals surface area contributed by atoms with Crippen LogP contribution in [0.5, 0.6) is 0 Å². The first kappa shape index (κ1) is 17.1. The number of anilines is 4. The zero-order valence-electron chi connectivity index (χ0n) is 15.0. The Kier molecular flexibility index (Phi) is 5.05. The second kappa shape index (κ2) is 7.95. The highest BCUT2D eigenvalue weighted by Crippen LogP contribution is 2.23. The number of benzene rings is 1. The summed E-state index contributed by atoms with van der Waals surface area (Å²) in [6, 6.07) is 15.4. The van der Waals surface area contributed by atoms with E-state index in [4.69, 9.17) is 4.42 Å². The van der Waals surface area contributed by atoms with Gasteiger partial charge in [0.15, 0.2) is 5.76 Å². The van der Waals surface area contributed by atoms with Gasteiger partial charge in [-0.05, 0) is 67.8 Å². The number of carbonyl (C=O) groups is 1. The number of furan rings is 1. The molecule has 1 aliphatic heterocycles. The summed E-state index contributed by atoms with van der Waals surface area (Å²) < 4.78 is 5.08. The van der Waals surface area contributed by atoms with E-state index < -0.39 is 0 Å². The summed E-state index contributed by atoms with van der Waals surface area (Å²) in [7, 11) is 0. The maximum atomic E-state index is 12.0. The number of hydrogen-bond donors (Lipinski definition) is 2. The average molecular weight is 362 g/mol. The molecule has 1 saturated heterocycles. The van der Waals surface area contributed by atoms with Crippen molar-refractivity contribution in [2.45, 2.75) is 19.3 Å². The van der Waals surface area contributed by atoms with Crippen LogP contribution in [0.25, 0.3) is 0 Å². The number of nitrogens with one attached hydrogen (secondary N) is 2. The molecule has 0 aliphatic carbocycles. The lowest BCUT2D eigenvalue weighted by Gasteiger charge is -2.28. The van der Waals surface area contributed by atoms with Crippen molar-refractivity contribution in [1.29, 1.82) is 0 Å². The van der Waals surface area contributed by atoms with E-state index in [1.54, 1.807) is 24.4 Å². The molecule has 0 saturated carbocycles. The minimum absolute atomic E-state index is 0.269. The average Bonchev–Trinajstić information content (AvgIpc) is 3.26. The number of nitrogens with zero attached hydrogens (tertiary/aromatic N) is 2. The molecule has 0 bridgehead atoms. The molecule has 2 aromatic heterocycles. The van der Waals surface area contributed by atoms with E-state index in [2.05, 4.69) is 44.8 Å². The van der Waals surface area contributed by atoms with Gasteiger partial charge in [-0.3, -0.25) is 4.79 Å². The van der Waals surface area contributed by atoms with Crippen LogP contribution in [0.1, 0.15) is 29.8 Å². The van der Waals surface area contributed by atoms with Crippen molar-refractivity contribution in [3.63, 3.8) is 0 Å². The van der Waals surface area contributed by atoms with Crippen LogP contribution in [-0.2, 0) is 0 Å². The van der Waals surface area contributed by atoms with E-state index in [1.807, 2.05) is 6.07 Å². The summed E-state index contributed by atoms with van der Waals surface area (Å²) in [4.78, 5) is 18.7. The van der Waals surface area contributed by atoms with E-state index in [1.165, 1.54) is 31.2 Å². The molecular weight excluding hydrogens is 340 g/mol. The van der Waals surface area contributed by atoms with Crippen LogP contribution in [0.15, 0.2) is 65.4 Å². The van der Waals surface area contributed by atoms with E-state index in [0.717, 1.165) is 24.6 Å². The molecule has 2 N–H and O–H groups in total. The SMILES string of the molecule is O=C(Nc1ccc(Nc2ccc(N3CCCCC3)cc2)nc1)c1ccco1. The molecule has 6 heteroatoms. The van der Waals surface area contributed by atoms with Gasteiger partial charge in [-0.1, -0.05) is 0 Å². The van der Waals surface area contributed by atoms with Gasteiger partial charge in [0.1, 0.15) is 5.82 Å². The Morgan fingerprint density at radius 2 is 1.74 bits per heavy atom. The largest absolute Gasteiger partial charge is 0.459 e. The quantitative estimate of drug-likeness (QED) is 0.691. The van der Waals surface area contributed by atoms with Crippen LogP contribution in [0, 0.1) is 0 Å². The van der Waals surface area contributed by atoms with Gasteiger partial charge in [-0.25, -0.2) is 4.98 Å². The lowest BCUT2D eigenvalue weighted by atomic mass is 10.1. The fraction of sp³-hybridized carbons (Fsp3) is 0.238. The number of piperidine rings is 1. The fourth-order valence-corrected chi connectivity index (χ4v) is 3.20. The van der Waals surface area contributed by atoms with Crippen molar-refractivity contribution in [3.8, 4) is 0 Å². The van der Waals surface area contributed by atoms with Crippen molar-refractivity contribution in [3.05, 3.63) is 66.8 Å². The van der Waals surface area contributed by atoms with Crippen molar-refractivity contribution in [2.75, 3.05) is 28.6 Å². The summed E-state index contributed by atoms with van der Waals surface area (Å²) in [5.41, 5.74) is 2.86. The van der Waals surface area contributed by atoms with Crippen LogP contribution < -0.4 is 15.5 Å². The fourth-order valence-electron chi connectivity index (χ4n) is 3.20. The summed E-state index contributed by atoms with van der Waals surface area (Å²) in [6.45, 7) is 2.28. The van der Waals surface area contributed by atoms with Gasteiger partial charge < -0.3 is 20.0 Å². The summed E-state index contributed by atoms with van der Waals surface area (Å²) in [5, 5.41) is 6.03. The second-order valence-corrected chi connectivity index (χ2v) is 6.58. The van der Waals surface area contributed by atoms with Crippen LogP contribution in [-0.4, -0.2) is 24.0 Å². The summed E-state index contributed by atoms with van der Waals surface area (Å²) >= 11 is 0. The van der Waals surface area contributed by atoms with Crippen molar-refractivity contribution >= 4 is 28.8 Å². The second-order valence-electron chi connectivity index (χ2n) is 6.58. The zero-order chi connectivity index (χ0) is 18.5. The smallest absolute Gasteiger partial charge is 0.291 e. The third-order valence-electron chi connectivity index (χ3n) is 4.63. The predicted molar refractivity (Wildman–Crippen MR) is 107 cm³/mol. The number of rotatable bonds is 5. The minimum Gasteiger partial charge on any atom is -0.459 e. The zero-order valence-corrected chi connectivity index (χ0v) is 15.0. The van der Waals surface area contributed by atoms with Gasteiger partial charge in [0.25, 0.3) is 5.91 Å². The number of amides is 1. The van der Waals surface area contributed by atoms with E-state index in [0.29, 0.717) is 5.69 Å². The molecule has 1 fully saturated rings. The molecule has 0 radical (unpaired) electrons. The van der Waals surface area contributed by atoms with E-state index >= 15 is 0 Å². The van der Waals surface area contributed by atoms with Gasteiger partial charge in [0.2, 0.25) is 0 Å². The normalized spacial score (nSPS) is 14.0. The highest BCUT2D eigenvalue weighted by atomic mass is 16.3. The standard InChI is InChI=1S/C21H22N4O2/c26-21(19-5-4-14-27-19)24-17-8-11-20(22-15-17)23-16-6-9-18(10-7-16)25-12-2-1-3-13-25/h4-11,14-15H,1-3,12-13H2,(H,22,23)(H,24,26). The molecule has 27 heavy (non-hydrogen) atoms. The highest BCUT2D eigenvalue weighted by molar-refractivity contribution is 6.02. The maximum absolute atomic E-state index is 12.0. The van der Waals surface area contributed by atoms with Crippen LogP contribution in [0.4, 0.5) is 22.9 Å². The number of aromatic nitrogens is 1. The van der Waals surface area contributed by atoms with Crippen LogP contribution in [0.3, 0.4) is 0 Å². The molecule has 1 aromatic carbocycles. The molecule has 0 atom stereocenters. The first-order chi connectivity index (χ1) is 13.3. The van der Waals surface area contributed by atoms with Gasteiger partial charge in [0.05, 0.1) is 18.1 Å². The maximum Gasteiger partial charge on any atom is 0.291 e. The van der Waals surface area contributed by atoms with Crippen molar-refractivity contribution < 1.29 is 9.21 Å². The van der Waals surface area contributed by atoms with E-state index in [9.17, 15) is 4.79 Å². The first-order valence-electron chi connectivity index (χ1n) is 9.21. The number of carbonyl (C=O) groups excluding carboxylic acids is 1. The lowest BCUT2D eigenvalue weighted by molar-refractivity contribution is 0.0996. The van der Waals surface area contributed by atoms with Crippen LogP contribution in [0.2, 0.25) is 0 Å². The molecule has 4 rings (SSSR count). The predicted octanol–water partition coefficient (Wildman–Crippen LogP) is 4.66. The third-order valence-corrected chi connectivity index (χ3v) is 4.63. The Labute approximate surface area is 158 Å². The van der Waals surface area contributed by atoms with E-state index in [-0.39, 0.29) is 11.7 Å². The molecule has 3 aromatic rings. The molecule has 0 unspecified atom stereocenters. The molecule has 6 nitrogen and oxygen atoms in total. The Morgan fingerprint density at radius 1 is 0.963 bits per heavy atom. The number of pyridine rings is 1. The Morgan fingerprint density at radius 3 is 2.41 bits per heavy atom. The minimum atomic E-state index is -0.296. The lowest BCUT2D eigenvalue weighted by Crippen LogP contribution is -2.29. The Bertz CT molecular complexity index is 868. The Balaban J connectivity index is 1.36.